The fourth-order valence-corrected chi connectivity index (χ4v) is 4.86. The van der Waals surface area contributed by atoms with Gasteiger partial charge in [-0.1, -0.05) is 35.9 Å². The first-order chi connectivity index (χ1) is 16.8. The number of hydrogen-bond donors (Lipinski definition) is 2. The molecule has 4 rings (SSSR count). The SMILES string of the molecule is COc1ccccc1CNC(=O)c1sc2ncn(CC(=O)Nc3ccc(C)c(Cl)c3)c(=O)c2c1C. The predicted octanol–water partition coefficient (Wildman–Crippen LogP) is 4.31. The first kappa shape index (κ1) is 24.4. The van der Waals surface area contributed by atoms with Gasteiger partial charge in [-0.2, -0.15) is 0 Å². The van der Waals surface area contributed by atoms with Gasteiger partial charge in [0, 0.05) is 22.8 Å². The first-order valence-corrected chi connectivity index (χ1v) is 11.9. The Morgan fingerprint density at radius 3 is 2.69 bits per heavy atom. The quantitative estimate of drug-likeness (QED) is 0.386. The number of aryl methyl sites for hydroxylation is 2. The van der Waals surface area contributed by atoms with Crippen molar-refractivity contribution >= 4 is 50.7 Å². The summed E-state index contributed by atoms with van der Waals surface area (Å²) < 4.78 is 6.55. The zero-order chi connectivity index (χ0) is 25.1. The summed E-state index contributed by atoms with van der Waals surface area (Å²) in [5.41, 5.74) is 2.41. The minimum Gasteiger partial charge on any atom is -0.496 e. The summed E-state index contributed by atoms with van der Waals surface area (Å²) in [6, 6.07) is 12.6. The Bertz CT molecular complexity index is 1490. The van der Waals surface area contributed by atoms with E-state index in [1.165, 1.54) is 10.9 Å². The molecule has 0 fully saturated rings. The number of carbonyl (C=O) groups is 2. The van der Waals surface area contributed by atoms with Gasteiger partial charge in [0.1, 0.15) is 17.1 Å². The largest absolute Gasteiger partial charge is 0.496 e. The fraction of sp³-hybridized carbons (Fsp3) is 0.200. The highest BCUT2D eigenvalue weighted by molar-refractivity contribution is 7.20. The maximum atomic E-state index is 13.1. The Morgan fingerprint density at radius 1 is 1.17 bits per heavy atom. The lowest BCUT2D eigenvalue weighted by Gasteiger charge is -2.09. The summed E-state index contributed by atoms with van der Waals surface area (Å²) >= 11 is 7.25. The number of carbonyl (C=O) groups excluding carboxylic acids is 2. The number of ether oxygens (including phenoxy) is 1. The first-order valence-electron chi connectivity index (χ1n) is 10.7. The van der Waals surface area contributed by atoms with Crippen LogP contribution in [0.3, 0.4) is 0 Å². The molecular weight excluding hydrogens is 488 g/mol. The molecule has 0 spiro atoms. The molecule has 35 heavy (non-hydrogen) atoms. The molecule has 0 aliphatic carbocycles. The van der Waals surface area contributed by atoms with E-state index >= 15 is 0 Å². The summed E-state index contributed by atoms with van der Waals surface area (Å²) in [6.07, 6.45) is 1.32. The van der Waals surface area contributed by atoms with Crippen LogP contribution in [-0.2, 0) is 17.9 Å². The standard InChI is InChI=1S/C25H23ClN4O4S/c1-14-8-9-17(10-18(14)26)29-20(31)12-30-13-28-24-21(25(30)33)15(2)22(35-24)23(32)27-11-16-6-4-5-7-19(16)34-3/h4-10,13H,11-12H2,1-3H3,(H,27,32)(H,29,31). The fourth-order valence-electron chi connectivity index (χ4n) is 3.62. The van der Waals surface area contributed by atoms with E-state index < -0.39 is 5.91 Å². The highest BCUT2D eigenvalue weighted by Gasteiger charge is 2.20. The van der Waals surface area contributed by atoms with E-state index in [9.17, 15) is 14.4 Å². The lowest BCUT2D eigenvalue weighted by molar-refractivity contribution is -0.116. The van der Waals surface area contributed by atoms with Gasteiger partial charge in [0.05, 0.1) is 23.7 Å². The number of fused-ring (bicyclic) bond motifs is 1. The smallest absolute Gasteiger partial charge is 0.262 e. The van der Waals surface area contributed by atoms with Crippen molar-refractivity contribution in [3.05, 3.63) is 85.7 Å². The van der Waals surface area contributed by atoms with Crippen molar-refractivity contribution < 1.29 is 14.3 Å². The summed E-state index contributed by atoms with van der Waals surface area (Å²) in [7, 11) is 1.57. The third-order valence-corrected chi connectivity index (χ3v) is 7.13. The van der Waals surface area contributed by atoms with E-state index in [2.05, 4.69) is 15.6 Å². The van der Waals surface area contributed by atoms with Crippen LogP contribution in [0.15, 0.2) is 53.6 Å². The van der Waals surface area contributed by atoms with Crippen LogP contribution < -0.4 is 20.9 Å². The number of benzene rings is 2. The zero-order valence-electron chi connectivity index (χ0n) is 19.3. The van der Waals surface area contributed by atoms with Gasteiger partial charge in [-0.05, 0) is 43.2 Å². The van der Waals surface area contributed by atoms with Gasteiger partial charge >= 0.3 is 0 Å². The van der Waals surface area contributed by atoms with Gasteiger partial charge in [0.25, 0.3) is 11.5 Å². The Labute approximate surface area is 210 Å². The van der Waals surface area contributed by atoms with E-state index in [-0.39, 0.29) is 24.6 Å². The van der Waals surface area contributed by atoms with E-state index in [0.29, 0.717) is 37.1 Å². The number of aromatic nitrogens is 2. The zero-order valence-corrected chi connectivity index (χ0v) is 20.9. The summed E-state index contributed by atoms with van der Waals surface area (Å²) in [4.78, 5) is 43.7. The molecule has 0 aliphatic heterocycles. The molecule has 0 unspecified atom stereocenters. The van der Waals surface area contributed by atoms with Crippen LogP contribution in [0, 0.1) is 13.8 Å². The van der Waals surface area contributed by atoms with Crippen LogP contribution in [0.1, 0.15) is 26.4 Å². The second-order valence-corrected chi connectivity index (χ2v) is 9.33. The maximum absolute atomic E-state index is 13.1. The van der Waals surface area contributed by atoms with Gasteiger partial charge in [-0.25, -0.2) is 4.98 Å². The number of nitrogens with one attached hydrogen (secondary N) is 2. The third-order valence-electron chi connectivity index (χ3n) is 5.52. The van der Waals surface area contributed by atoms with E-state index in [4.69, 9.17) is 16.3 Å². The molecule has 0 radical (unpaired) electrons. The van der Waals surface area contributed by atoms with Crippen LogP contribution in [0.4, 0.5) is 5.69 Å². The number of hydrogen-bond acceptors (Lipinski definition) is 6. The molecule has 2 aromatic carbocycles. The van der Waals surface area contributed by atoms with Gasteiger partial charge in [-0.3, -0.25) is 19.0 Å². The van der Waals surface area contributed by atoms with Crippen LogP contribution in [0.5, 0.6) is 5.75 Å². The number of thiophene rings is 1. The van der Waals surface area contributed by atoms with Crippen LogP contribution in [0.2, 0.25) is 5.02 Å². The molecule has 2 amide bonds. The summed E-state index contributed by atoms with van der Waals surface area (Å²) in [5.74, 6) is -0.0243. The molecule has 0 saturated heterocycles. The average Bonchev–Trinajstić information content (AvgIpc) is 3.19. The normalized spacial score (nSPS) is 10.9. The maximum Gasteiger partial charge on any atom is 0.262 e. The molecular formula is C25H23ClN4O4S. The van der Waals surface area contributed by atoms with Crippen molar-refractivity contribution in [3.8, 4) is 5.75 Å². The van der Waals surface area contributed by atoms with Crippen molar-refractivity contribution in [2.24, 2.45) is 0 Å². The number of rotatable bonds is 7. The molecule has 2 aromatic heterocycles. The second kappa shape index (κ2) is 10.3. The van der Waals surface area contributed by atoms with Gasteiger partial charge in [0.2, 0.25) is 5.91 Å². The molecule has 4 aromatic rings. The van der Waals surface area contributed by atoms with Crippen molar-refractivity contribution in [1.29, 1.82) is 0 Å². The van der Waals surface area contributed by atoms with Gasteiger partial charge < -0.3 is 15.4 Å². The number of amides is 2. The molecule has 2 N–H and O–H groups in total. The number of methoxy groups -OCH3 is 1. The molecule has 0 saturated carbocycles. The Morgan fingerprint density at radius 2 is 1.94 bits per heavy atom. The molecule has 0 aliphatic rings. The van der Waals surface area contributed by atoms with Crippen LogP contribution in [0.25, 0.3) is 10.2 Å². The molecule has 2 heterocycles. The highest BCUT2D eigenvalue weighted by Crippen LogP contribution is 2.27. The Balaban J connectivity index is 1.52. The average molecular weight is 511 g/mol. The van der Waals surface area contributed by atoms with Crippen molar-refractivity contribution in [2.75, 3.05) is 12.4 Å². The molecule has 0 bridgehead atoms. The highest BCUT2D eigenvalue weighted by atomic mass is 35.5. The molecule has 10 heteroatoms. The van der Waals surface area contributed by atoms with Crippen molar-refractivity contribution in [1.82, 2.24) is 14.9 Å². The van der Waals surface area contributed by atoms with E-state index in [1.54, 1.807) is 32.2 Å². The molecule has 0 atom stereocenters. The summed E-state index contributed by atoms with van der Waals surface area (Å²) in [5, 5.41) is 6.47. The lowest BCUT2D eigenvalue weighted by atomic mass is 10.2. The monoisotopic (exact) mass is 510 g/mol. The number of halogens is 1. The minimum absolute atomic E-state index is 0.224. The van der Waals surface area contributed by atoms with E-state index in [0.717, 1.165) is 22.5 Å². The molecule has 8 nitrogen and oxygen atoms in total. The number of nitrogens with zero attached hydrogens (tertiary/aromatic N) is 2. The summed E-state index contributed by atoms with van der Waals surface area (Å²) in [6.45, 7) is 3.62. The Kier molecular flexibility index (Phi) is 7.18. The van der Waals surface area contributed by atoms with Crippen LogP contribution >= 0.6 is 22.9 Å². The topological polar surface area (TPSA) is 102 Å². The number of anilines is 1. The number of para-hydroxylation sites is 1. The molecule has 180 valence electrons. The van der Waals surface area contributed by atoms with Crippen molar-refractivity contribution in [3.63, 3.8) is 0 Å². The van der Waals surface area contributed by atoms with Gasteiger partial charge in [0.15, 0.2) is 0 Å². The van der Waals surface area contributed by atoms with E-state index in [1.807, 2.05) is 31.2 Å². The van der Waals surface area contributed by atoms with Gasteiger partial charge in [-0.15, -0.1) is 11.3 Å². The predicted molar refractivity (Wildman–Crippen MR) is 138 cm³/mol. The second-order valence-electron chi connectivity index (χ2n) is 7.92. The lowest BCUT2D eigenvalue weighted by Crippen LogP contribution is -2.28. The Hall–Kier alpha value is -3.69. The minimum atomic E-state index is -0.393. The van der Waals surface area contributed by atoms with Crippen LogP contribution in [-0.4, -0.2) is 28.5 Å². The van der Waals surface area contributed by atoms with Crippen molar-refractivity contribution in [2.45, 2.75) is 26.9 Å². The third kappa shape index (κ3) is 5.21.